The molecule has 0 fully saturated rings. The average molecular weight is 290 g/mol. The van der Waals surface area contributed by atoms with Gasteiger partial charge in [0.15, 0.2) is 0 Å². The average Bonchev–Trinajstić information content (AvgIpc) is 2.45. The first-order valence-electron chi connectivity index (χ1n) is 6.85. The van der Waals surface area contributed by atoms with E-state index in [0.717, 1.165) is 17.7 Å². The van der Waals surface area contributed by atoms with Crippen LogP contribution in [0, 0.1) is 6.92 Å². The zero-order valence-corrected chi connectivity index (χ0v) is 12.9. The third kappa shape index (κ3) is 3.53. The van der Waals surface area contributed by atoms with Crippen LogP contribution >= 0.6 is 11.6 Å². The highest BCUT2D eigenvalue weighted by Crippen LogP contribution is 2.31. The summed E-state index contributed by atoms with van der Waals surface area (Å²) in [6.45, 7) is 4.18. The van der Waals surface area contributed by atoms with Crippen LogP contribution in [0.5, 0.6) is 11.5 Å². The van der Waals surface area contributed by atoms with Gasteiger partial charge < -0.3 is 10.1 Å². The molecule has 2 rings (SSSR count). The van der Waals surface area contributed by atoms with Crippen LogP contribution in [0.25, 0.3) is 0 Å². The standard InChI is InChI=1S/C17H20ClNO/c1-4-16(19-3)13-6-5-7-14(11-13)20-17-10-12(2)8-9-15(17)18/h5-11,16,19H,4H2,1-3H3. The molecule has 1 N–H and O–H groups in total. The smallest absolute Gasteiger partial charge is 0.146 e. The highest BCUT2D eigenvalue weighted by molar-refractivity contribution is 6.32. The first-order valence-corrected chi connectivity index (χ1v) is 7.23. The summed E-state index contributed by atoms with van der Waals surface area (Å²) in [5.41, 5.74) is 2.35. The first kappa shape index (κ1) is 14.9. The lowest BCUT2D eigenvalue weighted by molar-refractivity contribution is 0.479. The second-order valence-corrected chi connectivity index (χ2v) is 5.27. The fourth-order valence-corrected chi connectivity index (χ4v) is 2.37. The van der Waals surface area contributed by atoms with E-state index in [2.05, 4.69) is 24.4 Å². The Morgan fingerprint density at radius 2 is 2.00 bits per heavy atom. The topological polar surface area (TPSA) is 21.3 Å². The van der Waals surface area contributed by atoms with Crippen molar-refractivity contribution in [3.8, 4) is 11.5 Å². The summed E-state index contributed by atoms with van der Waals surface area (Å²) in [5, 5.41) is 3.92. The normalized spacial score (nSPS) is 12.2. The van der Waals surface area contributed by atoms with Gasteiger partial charge in [0.1, 0.15) is 11.5 Å². The van der Waals surface area contributed by atoms with E-state index in [9.17, 15) is 0 Å². The van der Waals surface area contributed by atoms with Crippen molar-refractivity contribution in [2.24, 2.45) is 0 Å². The summed E-state index contributed by atoms with van der Waals surface area (Å²) in [5.74, 6) is 1.50. The molecule has 0 aliphatic rings. The van der Waals surface area contributed by atoms with Crippen LogP contribution in [0.1, 0.15) is 30.5 Å². The van der Waals surface area contributed by atoms with Gasteiger partial charge in [-0.1, -0.05) is 36.7 Å². The lowest BCUT2D eigenvalue weighted by atomic mass is 10.0. The van der Waals surface area contributed by atoms with Crippen LogP contribution in [0.15, 0.2) is 42.5 Å². The van der Waals surface area contributed by atoms with E-state index in [0.29, 0.717) is 16.8 Å². The molecule has 1 unspecified atom stereocenters. The monoisotopic (exact) mass is 289 g/mol. The van der Waals surface area contributed by atoms with Gasteiger partial charge in [-0.05, 0) is 55.8 Å². The van der Waals surface area contributed by atoms with E-state index in [-0.39, 0.29) is 0 Å². The quantitative estimate of drug-likeness (QED) is 0.826. The molecule has 0 amide bonds. The van der Waals surface area contributed by atoms with Crippen molar-refractivity contribution in [3.05, 3.63) is 58.6 Å². The summed E-state index contributed by atoms with van der Waals surface area (Å²) in [6, 6.07) is 14.2. The van der Waals surface area contributed by atoms with Crippen molar-refractivity contribution in [1.29, 1.82) is 0 Å². The van der Waals surface area contributed by atoms with Gasteiger partial charge in [0.25, 0.3) is 0 Å². The number of hydrogen-bond donors (Lipinski definition) is 1. The minimum absolute atomic E-state index is 0.339. The van der Waals surface area contributed by atoms with Gasteiger partial charge in [-0.3, -0.25) is 0 Å². The molecule has 2 aromatic rings. The highest BCUT2D eigenvalue weighted by atomic mass is 35.5. The molecule has 2 nitrogen and oxygen atoms in total. The molecule has 3 heteroatoms. The van der Waals surface area contributed by atoms with E-state index >= 15 is 0 Å². The molecule has 0 spiro atoms. The molecule has 0 heterocycles. The van der Waals surface area contributed by atoms with Gasteiger partial charge in [-0.2, -0.15) is 0 Å². The molecule has 2 aromatic carbocycles. The van der Waals surface area contributed by atoms with E-state index in [1.807, 2.05) is 44.3 Å². The number of rotatable bonds is 5. The Balaban J connectivity index is 2.25. The number of halogens is 1. The molecule has 0 aromatic heterocycles. The molecular formula is C17H20ClNO. The molecule has 0 radical (unpaired) electrons. The number of ether oxygens (including phenoxy) is 1. The zero-order chi connectivity index (χ0) is 14.5. The molecule has 106 valence electrons. The van der Waals surface area contributed by atoms with Crippen LogP contribution in [0.3, 0.4) is 0 Å². The zero-order valence-electron chi connectivity index (χ0n) is 12.1. The fraction of sp³-hybridized carbons (Fsp3) is 0.294. The Bertz CT molecular complexity index is 579. The van der Waals surface area contributed by atoms with Crippen molar-refractivity contribution < 1.29 is 4.74 Å². The molecule has 0 bridgehead atoms. The summed E-state index contributed by atoms with van der Waals surface area (Å²) in [7, 11) is 1.97. The Kier molecular flexibility index (Phi) is 5.05. The van der Waals surface area contributed by atoms with Crippen molar-refractivity contribution >= 4 is 11.6 Å². The third-order valence-electron chi connectivity index (χ3n) is 3.33. The van der Waals surface area contributed by atoms with Crippen molar-refractivity contribution in [3.63, 3.8) is 0 Å². The second-order valence-electron chi connectivity index (χ2n) is 4.86. The lowest BCUT2D eigenvalue weighted by Crippen LogP contribution is -2.14. The summed E-state index contributed by atoms with van der Waals surface area (Å²) < 4.78 is 5.91. The van der Waals surface area contributed by atoms with Gasteiger partial charge in [-0.15, -0.1) is 0 Å². The van der Waals surface area contributed by atoms with Gasteiger partial charge >= 0.3 is 0 Å². The fourth-order valence-electron chi connectivity index (χ4n) is 2.22. The first-order chi connectivity index (χ1) is 9.63. The Labute approximate surface area is 125 Å². The van der Waals surface area contributed by atoms with Gasteiger partial charge in [0, 0.05) is 6.04 Å². The van der Waals surface area contributed by atoms with Crippen LogP contribution in [0.4, 0.5) is 0 Å². The van der Waals surface area contributed by atoms with Gasteiger partial charge in [-0.25, -0.2) is 0 Å². The van der Waals surface area contributed by atoms with Crippen molar-refractivity contribution in [2.45, 2.75) is 26.3 Å². The van der Waals surface area contributed by atoms with Crippen LogP contribution in [-0.2, 0) is 0 Å². The van der Waals surface area contributed by atoms with E-state index < -0.39 is 0 Å². The SMILES string of the molecule is CCC(NC)c1cccc(Oc2cc(C)ccc2Cl)c1. The number of benzene rings is 2. The summed E-state index contributed by atoms with van der Waals surface area (Å²) in [6.07, 6.45) is 1.03. The molecule has 0 aliphatic carbocycles. The Morgan fingerprint density at radius 1 is 1.20 bits per heavy atom. The second kappa shape index (κ2) is 6.78. The maximum Gasteiger partial charge on any atom is 0.146 e. The Morgan fingerprint density at radius 3 is 2.70 bits per heavy atom. The van der Waals surface area contributed by atoms with E-state index in [4.69, 9.17) is 16.3 Å². The maximum absolute atomic E-state index is 6.17. The molecule has 1 atom stereocenters. The minimum atomic E-state index is 0.339. The molecule has 20 heavy (non-hydrogen) atoms. The van der Waals surface area contributed by atoms with Crippen LogP contribution < -0.4 is 10.1 Å². The van der Waals surface area contributed by atoms with Gasteiger partial charge in [0.05, 0.1) is 5.02 Å². The van der Waals surface area contributed by atoms with E-state index in [1.54, 1.807) is 0 Å². The van der Waals surface area contributed by atoms with Gasteiger partial charge in [0.2, 0.25) is 0 Å². The van der Waals surface area contributed by atoms with Crippen molar-refractivity contribution in [2.75, 3.05) is 7.05 Å². The molecular weight excluding hydrogens is 270 g/mol. The predicted molar refractivity (Wildman–Crippen MR) is 84.8 cm³/mol. The van der Waals surface area contributed by atoms with Crippen LogP contribution in [-0.4, -0.2) is 7.05 Å². The number of aryl methyl sites for hydroxylation is 1. The summed E-state index contributed by atoms with van der Waals surface area (Å²) >= 11 is 6.17. The maximum atomic E-state index is 6.17. The lowest BCUT2D eigenvalue weighted by Gasteiger charge is -2.16. The Hall–Kier alpha value is -1.51. The third-order valence-corrected chi connectivity index (χ3v) is 3.64. The minimum Gasteiger partial charge on any atom is -0.456 e. The van der Waals surface area contributed by atoms with E-state index in [1.165, 1.54) is 5.56 Å². The van der Waals surface area contributed by atoms with Crippen molar-refractivity contribution in [1.82, 2.24) is 5.32 Å². The summed E-state index contributed by atoms with van der Waals surface area (Å²) in [4.78, 5) is 0. The highest BCUT2D eigenvalue weighted by Gasteiger charge is 2.09. The largest absolute Gasteiger partial charge is 0.456 e. The number of nitrogens with one attached hydrogen (secondary N) is 1. The molecule has 0 saturated carbocycles. The van der Waals surface area contributed by atoms with Crippen LogP contribution in [0.2, 0.25) is 5.02 Å². The predicted octanol–water partition coefficient (Wildman–Crippen LogP) is 5.11. The molecule has 0 aliphatic heterocycles. The molecule has 0 saturated heterocycles. The number of hydrogen-bond acceptors (Lipinski definition) is 2.